The van der Waals surface area contributed by atoms with Crippen molar-refractivity contribution in [3.8, 4) is 5.75 Å². The van der Waals surface area contributed by atoms with Crippen LogP contribution in [-0.4, -0.2) is 48.5 Å². The van der Waals surface area contributed by atoms with Gasteiger partial charge in [0.2, 0.25) is 0 Å². The molecule has 1 aliphatic heterocycles. The SMILES string of the molecule is COc1c(C(=O)N[C@@H]2C[C@@H](O)C23CCOCC3)[nH]c2ccccc12. The number of aliphatic hydroxyl groups is 1. The van der Waals surface area contributed by atoms with Crippen LogP contribution in [0, 0.1) is 5.41 Å². The molecule has 0 unspecified atom stereocenters. The molecule has 1 aromatic heterocycles. The lowest BCUT2D eigenvalue weighted by atomic mass is 9.58. The minimum Gasteiger partial charge on any atom is -0.494 e. The standard InChI is InChI=1S/C18H22N2O4/c1-23-16-11-4-2-3-5-12(11)19-15(16)17(22)20-13-10-14(21)18(13)6-8-24-9-7-18/h2-5,13-14,19,21H,6-10H2,1H3,(H,20,22)/t13-,14-/m1/s1. The number of hydrogen-bond donors (Lipinski definition) is 3. The van der Waals surface area contributed by atoms with E-state index in [4.69, 9.17) is 9.47 Å². The first-order chi connectivity index (χ1) is 11.7. The summed E-state index contributed by atoms with van der Waals surface area (Å²) in [4.78, 5) is 15.9. The molecule has 0 radical (unpaired) electrons. The predicted molar refractivity (Wildman–Crippen MR) is 89.2 cm³/mol. The number of para-hydroxylation sites is 1. The van der Waals surface area contributed by atoms with Crippen LogP contribution in [0.25, 0.3) is 10.9 Å². The maximum Gasteiger partial charge on any atom is 0.271 e. The van der Waals surface area contributed by atoms with Crippen molar-refractivity contribution < 1.29 is 19.4 Å². The number of H-pyrrole nitrogens is 1. The van der Waals surface area contributed by atoms with Crippen molar-refractivity contribution in [1.82, 2.24) is 10.3 Å². The van der Waals surface area contributed by atoms with Gasteiger partial charge in [-0.2, -0.15) is 0 Å². The number of nitrogens with one attached hydrogen (secondary N) is 2. The van der Waals surface area contributed by atoms with Gasteiger partial charge in [0.05, 0.1) is 13.2 Å². The molecule has 1 amide bonds. The molecule has 1 saturated heterocycles. The molecule has 1 aliphatic carbocycles. The number of ether oxygens (including phenoxy) is 2. The van der Waals surface area contributed by atoms with E-state index in [1.54, 1.807) is 7.11 Å². The molecule has 2 fully saturated rings. The van der Waals surface area contributed by atoms with Crippen molar-refractivity contribution in [2.24, 2.45) is 5.41 Å². The van der Waals surface area contributed by atoms with Gasteiger partial charge < -0.3 is 24.9 Å². The van der Waals surface area contributed by atoms with Crippen LogP contribution < -0.4 is 10.1 Å². The van der Waals surface area contributed by atoms with Crippen LogP contribution in [-0.2, 0) is 4.74 Å². The van der Waals surface area contributed by atoms with E-state index in [9.17, 15) is 9.90 Å². The molecule has 1 spiro atoms. The molecule has 1 saturated carbocycles. The molecule has 4 rings (SSSR count). The van der Waals surface area contributed by atoms with Gasteiger partial charge >= 0.3 is 0 Å². The van der Waals surface area contributed by atoms with Crippen molar-refractivity contribution in [2.45, 2.75) is 31.4 Å². The Labute approximate surface area is 140 Å². The summed E-state index contributed by atoms with van der Waals surface area (Å²) in [5, 5.41) is 14.2. The van der Waals surface area contributed by atoms with Crippen molar-refractivity contribution >= 4 is 16.8 Å². The average molecular weight is 330 g/mol. The molecule has 0 bridgehead atoms. The fourth-order valence-electron chi connectivity index (χ4n) is 4.12. The minimum absolute atomic E-state index is 0.0278. The lowest BCUT2D eigenvalue weighted by Crippen LogP contribution is -2.65. The Kier molecular flexibility index (Phi) is 3.73. The highest BCUT2D eigenvalue weighted by Crippen LogP contribution is 2.49. The van der Waals surface area contributed by atoms with E-state index in [1.807, 2.05) is 24.3 Å². The van der Waals surface area contributed by atoms with Gasteiger partial charge in [-0.25, -0.2) is 0 Å². The highest BCUT2D eigenvalue weighted by molar-refractivity contribution is 6.03. The summed E-state index contributed by atoms with van der Waals surface area (Å²) in [6.07, 6.45) is 1.79. The van der Waals surface area contributed by atoms with Crippen LogP contribution in [0.5, 0.6) is 5.75 Å². The zero-order valence-corrected chi connectivity index (χ0v) is 13.7. The smallest absolute Gasteiger partial charge is 0.271 e. The average Bonchev–Trinajstić information content (AvgIpc) is 3.01. The maximum atomic E-state index is 12.8. The summed E-state index contributed by atoms with van der Waals surface area (Å²) < 4.78 is 10.9. The van der Waals surface area contributed by atoms with Crippen LogP contribution >= 0.6 is 0 Å². The lowest BCUT2D eigenvalue weighted by Gasteiger charge is -2.55. The Morgan fingerprint density at radius 3 is 2.83 bits per heavy atom. The van der Waals surface area contributed by atoms with Crippen LogP contribution in [0.2, 0.25) is 0 Å². The molecular weight excluding hydrogens is 308 g/mol. The largest absolute Gasteiger partial charge is 0.494 e. The number of aliphatic hydroxyl groups excluding tert-OH is 1. The summed E-state index contributed by atoms with van der Waals surface area (Å²) in [5.74, 6) is 0.370. The fraction of sp³-hybridized carbons (Fsp3) is 0.500. The number of fused-ring (bicyclic) bond motifs is 1. The first-order valence-corrected chi connectivity index (χ1v) is 8.37. The van der Waals surface area contributed by atoms with E-state index in [0.717, 1.165) is 23.7 Å². The summed E-state index contributed by atoms with van der Waals surface area (Å²) in [7, 11) is 1.57. The Bertz CT molecular complexity index is 763. The van der Waals surface area contributed by atoms with Gasteiger partial charge in [0.25, 0.3) is 5.91 Å². The van der Waals surface area contributed by atoms with E-state index in [-0.39, 0.29) is 23.5 Å². The monoisotopic (exact) mass is 330 g/mol. The molecule has 128 valence electrons. The molecule has 2 aromatic rings. The zero-order chi connectivity index (χ0) is 16.7. The second-order valence-corrected chi connectivity index (χ2v) is 6.70. The number of methoxy groups -OCH3 is 1. The lowest BCUT2D eigenvalue weighted by molar-refractivity contribution is -0.145. The molecular formula is C18H22N2O4. The molecule has 2 heterocycles. The third kappa shape index (κ3) is 2.21. The van der Waals surface area contributed by atoms with Crippen molar-refractivity contribution in [3.05, 3.63) is 30.0 Å². The predicted octanol–water partition coefficient (Wildman–Crippen LogP) is 1.84. The molecule has 6 nitrogen and oxygen atoms in total. The highest BCUT2D eigenvalue weighted by atomic mass is 16.5. The minimum atomic E-state index is -0.365. The van der Waals surface area contributed by atoms with Crippen molar-refractivity contribution in [2.75, 3.05) is 20.3 Å². The number of carbonyl (C=O) groups is 1. The van der Waals surface area contributed by atoms with Crippen LogP contribution in [0.15, 0.2) is 24.3 Å². The maximum absolute atomic E-state index is 12.8. The molecule has 2 atom stereocenters. The number of aromatic amines is 1. The third-order valence-electron chi connectivity index (χ3n) is 5.64. The van der Waals surface area contributed by atoms with Gasteiger partial charge in [-0.05, 0) is 31.4 Å². The number of carbonyl (C=O) groups excluding carboxylic acids is 1. The van der Waals surface area contributed by atoms with E-state index < -0.39 is 0 Å². The Balaban J connectivity index is 1.59. The van der Waals surface area contributed by atoms with E-state index in [2.05, 4.69) is 10.3 Å². The summed E-state index contributed by atoms with van der Waals surface area (Å²) in [6.45, 7) is 1.28. The van der Waals surface area contributed by atoms with Crippen LogP contribution in [0.1, 0.15) is 29.8 Å². The summed E-state index contributed by atoms with van der Waals surface area (Å²) >= 11 is 0. The molecule has 1 aromatic carbocycles. The Morgan fingerprint density at radius 2 is 2.12 bits per heavy atom. The number of benzene rings is 1. The first-order valence-electron chi connectivity index (χ1n) is 8.37. The Hall–Kier alpha value is -2.05. The number of hydrogen-bond acceptors (Lipinski definition) is 4. The normalized spacial score (nSPS) is 25.4. The second kappa shape index (κ2) is 5.79. The van der Waals surface area contributed by atoms with Gasteiger partial charge in [0.1, 0.15) is 5.69 Å². The first kappa shape index (κ1) is 15.5. The molecule has 24 heavy (non-hydrogen) atoms. The number of rotatable bonds is 3. The van der Waals surface area contributed by atoms with E-state index >= 15 is 0 Å². The Morgan fingerprint density at radius 1 is 1.38 bits per heavy atom. The summed E-state index contributed by atoms with van der Waals surface area (Å²) in [5.41, 5.74) is 1.06. The second-order valence-electron chi connectivity index (χ2n) is 6.70. The van der Waals surface area contributed by atoms with Gasteiger partial charge in [-0.3, -0.25) is 4.79 Å². The topological polar surface area (TPSA) is 83.6 Å². The van der Waals surface area contributed by atoms with Crippen LogP contribution in [0.4, 0.5) is 0 Å². The third-order valence-corrected chi connectivity index (χ3v) is 5.64. The molecule has 2 aliphatic rings. The highest BCUT2D eigenvalue weighted by Gasteiger charge is 2.55. The number of aromatic nitrogens is 1. The number of amides is 1. The van der Waals surface area contributed by atoms with E-state index in [1.165, 1.54) is 0 Å². The van der Waals surface area contributed by atoms with E-state index in [0.29, 0.717) is 31.1 Å². The van der Waals surface area contributed by atoms with Gasteiger partial charge in [-0.15, -0.1) is 0 Å². The summed E-state index contributed by atoms with van der Waals surface area (Å²) in [6, 6.07) is 7.65. The van der Waals surface area contributed by atoms with Gasteiger partial charge in [-0.1, -0.05) is 12.1 Å². The van der Waals surface area contributed by atoms with Gasteiger partial charge in [0.15, 0.2) is 5.75 Å². The van der Waals surface area contributed by atoms with Crippen molar-refractivity contribution in [3.63, 3.8) is 0 Å². The fourth-order valence-corrected chi connectivity index (χ4v) is 4.12. The van der Waals surface area contributed by atoms with Crippen LogP contribution in [0.3, 0.4) is 0 Å². The van der Waals surface area contributed by atoms with Gasteiger partial charge in [0, 0.05) is 35.6 Å². The molecule has 6 heteroatoms. The zero-order valence-electron chi connectivity index (χ0n) is 13.7. The molecule has 3 N–H and O–H groups in total. The van der Waals surface area contributed by atoms with Crippen molar-refractivity contribution in [1.29, 1.82) is 0 Å². The quantitative estimate of drug-likeness (QED) is 0.802.